The topological polar surface area (TPSA) is 30.5 Å². The third kappa shape index (κ3) is 4.81. The molecule has 16 heavy (non-hydrogen) atoms. The van der Waals surface area contributed by atoms with E-state index in [-0.39, 0.29) is 0 Å². The van der Waals surface area contributed by atoms with Crippen molar-refractivity contribution in [1.82, 2.24) is 5.32 Å². The molecule has 0 aromatic heterocycles. The van der Waals surface area contributed by atoms with Gasteiger partial charge in [-0.2, -0.15) is 0 Å². The van der Waals surface area contributed by atoms with E-state index in [0.717, 1.165) is 32.5 Å². The number of methoxy groups -OCH3 is 1. The first kappa shape index (κ1) is 13.9. The van der Waals surface area contributed by atoms with Crippen LogP contribution < -0.4 is 5.32 Å². The Morgan fingerprint density at radius 2 is 2.12 bits per heavy atom. The molecule has 0 spiro atoms. The van der Waals surface area contributed by atoms with Crippen LogP contribution in [0.25, 0.3) is 0 Å². The molecule has 3 heteroatoms. The van der Waals surface area contributed by atoms with Gasteiger partial charge in [0.1, 0.15) is 0 Å². The normalized spacial score (nSPS) is 28.3. The van der Waals surface area contributed by atoms with Gasteiger partial charge in [0, 0.05) is 32.4 Å². The van der Waals surface area contributed by atoms with E-state index >= 15 is 0 Å². The fraction of sp³-hybridized carbons (Fsp3) is 1.00. The van der Waals surface area contributed by atoms with E-state index in [9.17, 15) is 0 Å². The summed E-state index contributed by atoms with van der Waals surface area (Å²) in [6, 6.07) is 1.16. The molecule has 0 aromatic rings. The van der Waals surface area contributed by atoms with Gasteiger partial charge in [-0.15, -0.1) is 0 Å². The van der Waals surface area contributed by atoms with Gasteiger partial charge in [0.05, 0.1) is 6.10 Å². The third-order valence-corrected chi connectivity index (χ3v) is 3.33. The monoisotopic (exact) mass is 229 g/mol. The fourth-order valence-electron chi connectivity index (χ4n) is 2.22. The zero-order valence-corrected chi connectivity index (χ0v) is 11.2. The molecule has 1 fully saturated rings. The minimum Gasteiger partial charge on any atom is -0.385 e. The molecular weight excluding hydrogens is 202 g/mol. The fourth-order valence-corrected chi connectivity index (χ4v) is 2.22. The molecule has 0 aliphatic carbocycles. The predicted octanol–water partition coefficient (Wildman–Crippen LogP) is 2.20. The van der Waals surface area contributed by atoms with Gasteiger partial charge < -0.3 is 14.8 Å². The SMILES string of the molecule is COCCC(C)NC1CCOC(C(C)C)C1. The van der Waals surface area contributed by atoms with E-state index in [0.29, 0.717) is 24.1 Å². The summed E-state index contributed by atoms with van der Waals surface area (Å²) >= 11 is 0. The quantitative estimate of drug-likeness (QED) is 0.757. The van der Waals surface area contributed by atoms with E-state index in [1.54, 1.807) is 7.11 Å². The van der Waals surface area contributed by atoms with Gasteiger partial charge in [-0.05, 0) is 32.1 Å². The summed E-state index contributed by atoms with van der Waals surface area (Å²) in [6.07, 6.45) is 3.80. The van der Waals surface area contributed by atoms with Crippen LogP contribution in [0.4, 0.5) is 0 Å². The number of hydrogen-bond donors (Lipinski definition) is 1. The van der Waals surface area contributed by atoms with Gasteiger partial charge in [0.25, 0.3) is 0 Å². The van der Waals surface area contributed by atoms with Crippen molar-refractivity contribution < 1.29 is 9.47 Å². The molecule has 0 saturated carbocycles. The van der Waals surface area contributed by atoms with Crippen LogP contribution in [-0.4, -0.2) is 38.5 Å². The predicted molar refractivity (Wildman–Crippen MR) is 66.7 cm³/mol. The van der Waals surface area contributed by atoms with Gasteiger partial charge >= 0.3 is 0 Å². The average Bonchev–Trinajstić information content (AvgIpc) is 2.26. The van der Waals surface area contributed by atoms with Crippen LogP contribution in [0.15, 0.2) is 0 Å². The van der Waals surface area contributed by atoms with Crippen LogP contribution in [0, 0.1) is 5.92 Å². The molecular formula is C13H27NO2. The van der Waals surface area contributed by atoms with E-state index in [2.05, 4.69) is 26.1 Å². The second kappa shape index (κ2) is 7.25. The van der Waals surface area contributed by atoms with Crippen molar-refractivity contribution in [2.24, 2.45) is 5.92 Å². The second-order valence-electron chi connectivity index (χ2n) is 5.22. The van der Waals surface area contributed by atoms with E-state index in [1.165, 1.54) is 0 Å². The first-order valence-corrected chi connectivity index (χ1v) is 6.50. The zero-order chi connectivity index (χ0) is 12.0. The van der Waals surface area contributed by atoms with Crippen molar-refractivity contribution in [1.29, 1.82) is 0 Å². The molecule has 96 valence electrons. The highest BCUT2D eigenvalue weighted by Gasteiger charge is 2.25. The molecule has 0 amide bonds. The molecule has 3 nitrogen and oxygen atoms in total. The molecule has 3 atom stereocenters. The molecule has 1 heterocycles. The van der Waals surface area contributed by atoms with Crippen molar-refractivity contribution in [3.8, 4) is 0 Å². The lowest BCUT2D eigenvalue weighted by atomic mass is 9.95. The molecule has 1 N–H and O–H groups in total. The summed E-state index contributed by atoms with van der Waals surface area (Å²) in [5.74, 6) is 0.624. The Labute approximate surface area is 99.9 Å². The number of hydrogen-bond acceptors (Lipinski definition) is 3. The van der Waals surface area contributed by atoms with Crippen LogP contribution in [0.3, 0.4) is 0 Å². The zero-order valence-electron chi connectivity index (χ0n) is 11.2. The Balaban J connectivity index is 2.25. The lowest BCUT2D eigenvalue weighted by Gasteiger charge is -2.34. The Hall–Kier alpha value is -0.120. The Bertz CT molecular complexity index is 185. The summed E-state index contributed by atoms with van der Waals surface area (Å²) in [5.41, 5.74) is 0. The third-order valence-electron chi connectivity index (χ3n) is 3.33. The van der Waals surface area contributed by atoms with Crippen LogP contribution in [0.2, 0.25) is 0 Å². The lowest BCUT2D eigenvalue weighted by Crippen LogP contribution is -2.44. The van der Waals surface area contributed by atoms with Crippen LogP contribution in [0.5, 0.6) is 0 Å². The average molecular weight is 229 g/mol. The molecule has 1 rings (SSSR count). The maximum Gasteiger partial charge on any atom is 0.0612 e. The minimum absolute atomic E-state index is 0.431. The van der Waals surface area contributed by atoms with Gasteiger partial charge in [0.2, 0.25) is 0 Å². The molecule has 1 saturated heterocycles. The molecule has 1 aliphatic heterocycles. The Morgan fingerprint density at radius 1 is 1.38 bits per heavy atom. The maximum atomic E-state index is 5.77. The lowest BCUT2D eigenvalue weighted by molar-refractivity contribution is -0.0260. The van der Waals surface area contributed by atoms with Gasteiger partial charge in [0.15, 0.2) is 0 Å². The summed E-state index contributed by atoms with van der Waals surface area (Å²) in [4.78, 5) is 0. The van der Waals surface area contributed by atoms with E-state index < -0.39 is 0 Å². The molecule has 1 aliphatic rings. The Morgan fingerprint density at radius 3 is 2.75 bits per heavy atom. The first-order valence-electron chi connectivity index (χ1n) is 6.50. The van der Waals surface area contributed by atoms with E-state index in [1.807, 2.05) is 0 Å². The number of ether oxygens (including phenoxy) is 2. The van der Waals surface area contributed by atoms with Gasteiger partial charge in [-0.3, -0.25) is 0 Å². The highest BCUT2D eigenvalue weighted by Crippen LogP contribution is 2.20. The van der Waals surface area contributed by atoms with E-state index in [4.69, 9.17) is 9.47 Å². The van der Waals surface area contributed by atoms with Crippen LogP contribution in [-0.2, 0) is 9.47 Å². The largest absolute Gasteiger partial charge is 0.385 e. The summed E-state index contributed by atoms with van der Waals surface area (Å²) in [7, 11) is 1.76. The van der Waals surface area contributed by atoms with Crippen molar-refractivity contribution in [2.45, 2.75) is 58.2 Å². The highest BCUT2D eigenvalue weighted by atomic mass is 16.5. The second-order valence-corrected chi connectivity index (χ2v) is 5.22. The van der Waals surface area contributed by atoms with Gasteiger partial charge in [-0.1, -0.05) is 13.8 Å². The maximum absolute atomic E-state index is 5.77. The van der Waals surface area contributed by atoms with Crippen LogP contribution >= 0.6 is 0 Å². The number of rotatable bonds is 6. The molecule has 0 radical (unpaired) electrons. The van der Waals surface area contributed by atoms with Crippen molar-refractivity contribution in [3.05, 3.63) is 0 Å². The summed E-state index contributed by atoms with van der Waals surface area (Å²) in [6.45, 7) is 8.45. The standard InChI is InChI=1S/C13H27NO2/c1-10(2)13-9-12(6-8-16-13)14-11(3)5-7-15-4/h10-14H,5-9H2,1-4H3. The molecule has 3 unspecified atom stereocenters. The molecule has 0 aromatic carbocycles. The van der Waals surface area contributed by atoms with Gasteiger partial charge in [-0.25, -0.2) is 0 Å². The number of nitrogens with one attached hydrogen (secondary N) is 1. The van der Waals surface area contributed by atoms with Crippen molar-refractivity contribution >= 4 is 0 Å². The minimum atomic E-state index is 0.431. The van der Waals surface area contributed by atoms with Crippen molar-refractivity contribution in [3.63, 3.8) is 0 Å². The molecule has 0 bridgehead atoms. The van der Waals surface area contributed by atoms with Crippen molar-refractivity contribution in [2.75, 3.05) is 20.3 Å². The Kier molecular flexibility index (Phi) is 6.32. The smallest absolute Gasteiger partial charge is 0.0612 e. The summed E-state index contributed by atoms with van der Waals surface area (Å²) < 4.78 is 10.9. The first-order chi connectivity index (χ1) is 7.63. The highest BCUT2D eigenvalue weighted by molar-refractivity contribution is 4.80. The summed E-state index contributed by atoms with van der Waals surface area (Å²) in [5, 5.41) is 3.68. The van der Waals surface area contributed by atoms with Crippen LogP contribution in [0.1, 0.15) is 40.0 Å².